The molecule has 2 aliphatic rings. The van der Waals surface area contributed by atoms with Gasteiger partial charge in [-0.2, -0.15) is 5.10 Å². The number of halogens is 2. The molecule has 1 aliphatic heterocycles. The lowest BCUT2D eigenvalue weighted by atomic mass is 9.99. The van der Waals surface area contributed by atoms with Crippen LogP contribution in [0.4, 0.5) is 10.1 Å². The number of anilines is 1. The Balaban J connectivity index is 1.45. The van der Waals surface area contributed by atoms with E-state index in [-0.39, 0.29) is 12.0 Å². The average Bonchev–Trinajstić information content (AvgIpc) is 3.16. The van der Waals surface area contributed by atoms with Gasteiger partial charge in [-0.15, -0.1) is 0 Å². The minimum atomic E-state index is -0.554. The van der Waals surface area contributed by atoms with Gasteiger partial charge in [0.25, 0.3) is 0 Å². The third-order valence-electron chi connectivity index (χ3n) is 6.12. The van der Waals surface area contributed by atoms with Gasteiger partial charge in [0.15, 0.2) is 0 Å². The van der Waals surface area contributed by atoms with Crippen molar-refractivity contribution >= 4 is 23.2 Å². The fraction of sp³-hybridized carbons (Fsp3) is 0.440. The van der Waals surface area contributed by atoms with E-state index in [9.17, 15) is 9.18 Å². The van der Waals surface area contributed by atoms with Gasteiger partial charge in [0.05, 0.1) is 35.5 Å². The summed E-state index contributed by atoms with van der Waals surface area (Å²) in [7, 11) is 3.92. The van der Waals surface area contributed by atoms with Gasteiger partial charge in [-0.1, -0.05) is 17.7 Å². The molecule has 1 fully saturated rings. The molecule has 1 unspecified atom stereocenters. The smallest absolute Gasteiger partial charge is 0.231 e. The predicted molar refractivity (Wildman–Crippen MR) is 131 cm³/mol. The quantitative estimate of drug-likeness (QED) is 0.550. The first-order valence-electron chi connectivity index (χ1n) is 11.5. The van der Waals surface area contributed by atoms with E-state index >= 15 is 0 Å². The molecule has 9 heteroatoms. The summed E-state index contributed by atoms with van der Waals surface area (Å²) < 4.78 is 27.3. The number of amides is 1. The van der Waals surface area contributed by atoms with Crippen LogP contribution in [-0.2, 0) is 16.6 Å². The van der Waals surface area contributed by atoms with Gasteiger partial charge in [-0.25, -0.2) is 4.39 Å². The number of aryl methyl sites for hydroxylation is 1. The predicted octanol–water partition coefficient (Wildman–Crippen LogP) is 4.60. The van der Waals surface area contributed by atoms with E-state index in [0.29, 0.717) is 47.4 Å². The summed E-state index contributed by atoms with van der Waals surface area (Å²) in [5.41, 5.74) is 1.94. The molecule has 0 spiro atoms. The normalized spacial score (nSPS) is 19.2. The van der Waals surface area contributed by atoms with Crippen molar-refractivity contribution in [3.05, 3.63) is 53.5 Å². The molecular formula is C25H30ClFN4O3. The van der Waals surface area contributed by atoms with E-state index < -0.39 is 11.7 Å². The van der Waals surface area contributed by atoms with Gasteiger partial charge in [-0.05, 0) is 56.7 Å². The van der Waals surface area contributed by atoms with E-state index in [4.69, 9.17) is 21.1 Å². The van der Waals surface area contributed by atoms with Gasteiger partial charge in [0.1, 0.15) is 18.2 Å². The number of nitrogens with zero attached hydrogens (tertiary/aromatic N) is 3. The molecule has 2 heterocycles. The highest BCUT2D eigenvalue weighted by Crippen LogP contribution is 2.37. The number of allylic oxidation sites excluding steroid dienone is 3. The molecule has 1 aliphatic carbocycles. The molecule has 1 saturated heterocycles. The Morgan fingerprint density at radius 1 is 1.26 bits per heavy atom. The Kier molecular flexibility index (Phi) is 8.03. The van der Waals surface area contributed by atoms with Gasteiger partial charge >= 0.3 is 0 Å². The lowest BCUT2D eigenvalue weighted by molar-refractivity contribution is -0.118. The summed E-state index contributed by atoms with van der Waals surface area (Å²) in [6.45, 7) is 2.96. The van der Waals surface area contributed by atoms with Crippen LogP contribution in [0, 0.1) is 5.92 Å². The number of nitrogens with one attached hydrogen (secondary N) is 1. The summed E-state index contributed by atoms with van der Waals surface area (Å²) in [5.74, 6) is -0.620. The Bertz CT molecular complexity index is 1060. The largest absolute Gasteiger partial charge is 0.490 e. The van der Waals surface area contributed by atoms with Crippen LogP contribution >= 0.6 is 11.6 Å². The van der Waals surface area contributed by atoms with E-state index in [0.717, 1.165) is 25.9 Å². The molecule has 1 atom stereocenters. The number of ether oxygens (including phenoxy) is 2. The number of likely N-dealkylation sites (tertiary alicyclic amines) is 1. The Hall–Kier alpha value is -2.68. The van der Waals surface area contributed by atoms with Crippen molar-refractivity contribution in [3.8, 4) is 17.0 Å². The second-order valence-corrected chi connectivity index (χ2v) is 9.09. The standard InChI is InChI=1S/C25H30ClFN4O3/c1-30-10-8-20(9-11-30)33-12-13-34-23-7-6-19(15-21(23)24-22(26)16-28-31(24)2)29-25(32)17-4-3-5-18(27)14-17/h3,5-7,14-17,20H,4,8-13H2,1-2H3,(H,29,32). The SMILES string of the molecule is CN1CCC(OCCOc2ccc(NC(=O)C3C=C(F)C=CC3)cc2-c2c(Cl)cnn2C)CC1. The van der Waals surface area contributed by atoms with Crippen molar-refractivity contribution in [1.29, 1.82) is 0 Å². The summed E-state index contributed by atoms with van der Waals surface area (Å²) in [5, 5.41) is 7.57. The summed E-state index contributed by atoms with van der Waals surface area (Å²) in [6, 6.07) is 5.35. The van der Waals surface area contributed by atoms with E-state index in [2.05, 4.69) is 22.4 Å². The van der Waals surface area contributed by atoms with Crippen LogP contribution in [0.25, 0.3) is 11.3 Å². The van der Waals surface area contributed by atoms with Crippen LogP contribution in [0.2, 0.25) is 5.02 Å². The fourth-order valence-corrected chi connectivity index (χ4v) is 4.48. The van der Waals surface area contributed by atoms with Crippen LogP contribution in [0.3, 0.4) is 0 Å². The number of hydrogen-bond acceptors (Lipinski definition) is 5. The van der Waals surface area contributed by atoms with Gasteiger partial charge in [-0.3, -0.25) is 9.48 Å². The monoisotopic (exact) mass is 488 g/mol. The first-order chi connectivity index (χ1) is 16.4. The number of rotatable bonds is 8. The third kappa shape index (κ3) is 6.05. The lowest BCUT2D eigenvalue weighted by Gasteiger charge is -2.28. The topological polar surface area (TPSA) is 68.6 Å². The average molecular weight is 489 g/mol. The highest BCUT2D eigenvalue weighted by Gasteiger charge is 2.21. The molecular weight excluding hydrogens is 459 g/mol. The molecule has 0 bridgehead atoms. The third-order valence-corrected chi connectivity index (χ3v) is 6.40. The highest BCUT2D eigenvalue weighted by molar-refractivity contribution is 6.33. The zero-order chi connectivity index (χ0) is 24.1. The van der Waals surface area contributed by atoms with Crippen LogP contribution in [0.1, 0.15) is 19.3 Å². The van der Waals surface area contributed by atoms with Crippen molar-refractivity contribution in [2.75, 3.05) is 38.7 Å². The number of carbonyl (C=O) groups excluding carboxylic acids is 1. The second kappa shape index (κ2) is 11.2. The minimum Gasteiger partial charge on any atom is -0.490 e. The zero-order valence-corrected chi connectivity index (χ0v) is 20.2. The molecule has 1 aromatic carbocycles. The van der Waals surface area contributed by atoms with E-state index in [1.54, 1.807) is 42.2 Å². The number of carbonyl (C=O) groups is 1. The summed E-state index contributed by atoms with van der Waals surface area (Å²) >= 11 is 6.41. The van der Waals surface area contributed by atoms with Crippen molar-refractivity contribution < 1.29 is 18.7 Å². The zero-order valence-electron chi connectivity index (χ0n) is 19.5. The van der Waals surface area contributed by atoms with Crippen molar-refractivity contribution in [1.82, 2.24) is 14.7 Å². The fourth-order valence-electron chi connectivity index (χ4n) is 4.21. The second-order valence-electron chi connectivity index (χ2n) is 8.68. The van der Waals surface area contributed by atoms with E-state index in [1.165, 1.54) is 12.2 Å². The summed E-state index contributed by atoms with van der Waals surface area (Å²) in [6.07, 6.45) is 8.69. The maximum absolute atomic E-state index is 13.5. The molecule has 0 saturated carbocycles. The molecule has 34 heavy (non-hydrogen) atoms. The molecule has 182 valence electrons. The molecule has 7 nitrogen and oxygen atoms in total. The van der Waals surface area contributed by atoms with Crippen molar-refractivity contribution in [2.45, 2.75) is 25.4 Å². The number of hydrogen-bond donors (Lipinski definition) is 1. The Labute approximate surface area is 204 Å². The molecule has 0 radical (unpaired) electrons. The van der Waals surface area contributed by atoms with Crippen LogP contribution < -0.4 is 10.1 Å². The minimum absolute atomic E-state index is 0.261. The molecule has 4 rings (SSSR count). The summed E-state index contributed by atoms with van der Waals surface area (Å²) in [4.78, 5) is 15.0. The van der Waals surface area contributed by atoms with E-state index in [1.807, 2.05) is 0 Å². The lowest BCUT2D eigenvalue weighted by Crippen LogP contribution is -2.34. The van der Waals surface area contributed by atoms with Crippen LogP contribution in [-0.4, -0.2) is 60.0 Å². The van der Waals surface area contributed by atoms with Crippen LogP contribution in [0.5, 0.6) is 5.75 Å². The van der Waals surface area contributed by atoms with Gasteiger partial charge in [0, 0.05) is 31.4 Å². The maximum atomic E-state index is 13.5. The van der Waals surface area contributed by atoms with Crippen molar-refractivity contribution in [3.63, 3.8) is 0 Å². The van der Waals surface area contributed by atoms with Gasteiger partial charge < -0.3 is 19.7 Å². The highest BCUT2D eigenvalue weighted by atomic mass is 35.5. The maximum Gasteiger partial charge on any atom is 0.231 e. The first-order valence-corrected chi connectivity index (χ1v) is 11.9. The number of aromatic nitrogens is 2. The van der Waals surface area contributed by atoms with Crippen molar-refractivity contribution in [2.24, 2.45) is 13.0 Å². The Morgan fingerprint density at radius 2 is 2.06 bits per heavy atom. The molecule has 1 N–H and O–H groups in total. The molecule has 1 amide bonds. The van der Waals surface area contributed by atoms with Crippen LogP contribution in [0.15, 0.2) is 48.5 Å². The van der Waals surface area contributed by atoms with Gasteiger partial charge in [0.2, 0.25) is 5.91 Å². The molecule has 1 aromatic heterocycles. The first kappa shape index (κ1) is 24.4. The molecule has 2 aromatic rings. The number of benzene rings is 1. The number of piperidine rings is 1. The Morgan fingerprint density at radius 3 is 2.76 bits per heavy atom.